The first-order chi connectivity index (χ1) is 8.34. The fourth-order valence-corrected chi connectivity index (χ4v) is 5.04. The highest BCUT2D eigenvalue weighted by Gasteiger charge is 2.26. The Morgan fingerprint density at radius 2 is 2.18 bits per heavy atom. The van der Waals surface area contributed by atoms with E-state index in [9.17, 15) is 5.11 Å². The Morgan fingerprint density at radius 3 is 2.94 bits per heavy atom. The molecule has 0 radical (unpaired) electrons. The van der Waals surface area contributed by atoms with Crippen LogP contribution < -0.4 is 0 Å². The highest BCUT2D eigenvalue weighted by molar-refractivity contribution is 7.98. The first-order valence-corrected chi connectivity index (χ1v) is 8.27. The molecule has 94 valence electrons. The molecule has 0 aromatic carbocycles. The average Bonchev–Trinajstić information content (AvgIpc) is 2.82. The maximum atomic E-state index is 10.4. The van der Waals surface area contributed by atoms with Crippen LogP contribution in [0.4, 0.5) is 0 Å². The lowest BCUT2D eigenvalue weighted by Crippen LogP contribution is -2.21. The zero-order valence-electron chi connectivity index (χ0n) is 9.85. The largest absolute Gasteiger partial charge is 0.387 e. The smallest absolute Gasteiger partial charge is 0.0911 e. The normalized spacial score (nSPS) is 23.4. The molecule has 0 saturated carbocycles. The van der Waals surface area contributed by atoms with Crippen molar-refractivity contribution in [2.24, 2.45) is 5.92 Å². The molecule has 1 fully saturated rings. The molecule has 1 N–H and O–H groups in total. The van der Waals surface area contributed by atoms with E-state index >= 15 is 0 Å². The van der Waals surface area contributed by atoms with Crippen molar-refractivity contribution in [1.29, 1.82) is 0 Å². The van der Waals surface area contributed by atoms with Crippen LogP contribution in [0.2, 0.25) is 0 Å². The Kier molecular flexibility index (Phi) is 3.75. The molecule has 2 aliphatic rings. The first kappa shape index (κ1) is 12.0. The fourth-order valence-electron chi connectivity index (χ4n) is 2.58. The standard InChI is InChI=1S/C13H18O2S2/c14-13(9-1-4-15-5-2-9)12-7-10-8-16-6-3-11(10)17-12/h7,9,13-14H,1-6,8H2. The Morgan fingerprint density at radius 1 is 1.35 bits per heavy atom. The van der Waals surface area contributed by atoms with Gasteiger partial charge in [0, 0.05) is 28.7 Å². The van der Waals surface area contributed by atoms with E-state index in [1.165, 1.54) is 27.5 Å². The van der Waals surface area contributed by atoms with Crippen molar-refractivity contribution in [3.05, 3.63) is 21.4 Å². The number of hydrogen-bond acceptors (Lipinski definition) is 4. The van der Waals surface area contributed by atoms with Gasteiger partial charge in [-0.2, -0.15) is 11.8 Å². The van der Waals surface area contributed by atoms with Crippen molar-refractivity contribution in [1.82, 2.24) is 0 Å². The molecule has 4 heteroatoms. The van der Waals surface area contributed by atoms with E-state index in [1.54, 1.807) is 0 Å². The SMILES string of the molecule is OC(c1cc2c(s1)CCSC2)C1CCOCC1. The summed E-state index contributed by atoms with van der Waals surface area (Å²) in [5.41, 5.74) is 1.47. The summed E-state index contributed by atoms with van der Waals surface area (Å²) < 4.78 is 5.36. The molecular formula is C13H18O2S2. The maximum Gasteiger partial charge on any atom is 0.0911 e. The summed E-state index contributed by atoms with van der Waals surface area (Å²) in [5, 5.41) is 10.4. The molecule has 3 rings (SSSR count). The van der Waals surface area contributed by atoms with Crippen LogP contribution >= 0.6 is 23.1 Å². The summed E-state index contributed by atoms with van der Waals surface area (Å²) >= 11 is 3.84. The van der Waals surface area contributed by atoms with Gasteiger partial charge in [0.2, 0.25) is 0 Å². The van der Waals surface area contributed by atoms with Gasteiger partial charge in [0.05, 0.1) is 6.10 Å². The minimum Gasteiger partial charge on any atom is -0.387 e. The molecule has 17 heavy (non-hydrogen) atoms. The highest BCUT2D eigenvalue weighted by Crippen LogP contribution is 2.38. The van der Waals surface area contributed by atoms with Crippen molar-refractivity contribution in [3.63, 3.8) is 0 Å². The molecule has 0 bridgehead atoms. The van der Waals surface area contributed by atoms with E-state index in [-0.39, 0.29) is 6.10 Å². The van der Waals surface area contributed by atoms with E-state index in [0.29, 0.717) is 5.92 Å². The summed E-state index contributed by atoms with van der Waals surface area (Å²) in [7, 11) is 0. The van der Waals surface area contributed by atoms with Crippen LogP contribution in [0.3, 0.4) is 0 Å². The minimum atomic E-state index is -0.264. The van der Waals surface area contributed by atoms with Gasteiger partial charge < -0.3 is 9.84 Å². The molecule has 2 nitrogen and oxygen atoms in total. The molecule has 1 saturated heterocycles. The van der Waals surface area contributed by atoms with Crippen molar-refractivity contribution >= 4 is 23.1 Å². The van der Waals surface area contributed by atoms with Crippen molar-refractivity contribution in [2.45, 2.75) is 31.1 Å². The number of hydrogen-bond donors (Lipinski definition) is 1. The molecule has 0 aliphatic carbocycles. The topological polar surface area (TPSA) is 29.5 Å². The van der Waals surface area contributed by atoms with Crippen LogP contribution in [0.15, 0.2) is 6.07 Å². The third kappa shape index (κ3) is 2.55. The lowest BCUT2D eigenvalue weighted by molar-refractivity contribution is 0.00852. The molecule has 0 amide bonds. The number of aliphatic hydroxyl groups is 1. The van der Waals surface area contributed by atoms with Crippen LogP contribution in [0.25, 0.3) is 0 Å². The summed E-state index contributed by atoms with van der Waals surface area (Å²) in [4.78, 5) is 2.69. The van der Waals surface area contributed by atoms with Crippen molar-refractivity contribution < 1.29 is 9.84 Å². The quantitative estimate of drug-likeness (QED) is 0.896. The summed E-state index contributed by atoms with van der Waals surface area (Å²) in [6.45, 7) is 1.62. The molecule has 0 spiro atoms. The molecule has 1 aromatic rings. The summed E-state index contributed by atoms with van der Waals surface area (Å²) in [6.07, 6.45) is 2.92. The zero-order valence-corrected chi connectivity index (χ0v) is 11.5. The number of aryl methyl sites for hydroxylation is 1. The molecule has 1 atom stereocenters. The van der Waals surface area contributed by atoms with Crippen LogP contribution in [-0.4, -0.2) is 24.1 Å². The predicted molar refractivity (Wildman–Crippen MR) is 72.7 cm³/mol. The van der Waals surface area contributed by atoms with Gasteiger partial charge in [-0.05, 0) is 42.6 Å². The van der Waals surface area contributed by atoms with E-state index in [4.69, 9.17) is 4.74 Å². The lowest BCUT2D eigenvalue weighted by Gasteiger charge is -2.25. The van der Waals surface area contributed by atoms with Crippen LogP contribution in [-0.2, 0) is 16.9 Å². The third-order valence-corrected chi connectivity index (χ3v) is 5.97. The number of thiophene rings is 1. The van der Waals surface area contributed by atoms with E-state index in [0.717, 1.165) is 31.8 Å². The van der Waals surface area contributed by atoms with E-state index in [2.05, 4.69) is 6.07 Å². The van der Waals surface area contributed by atoms with Crippen LogP contribution in [0, 0.1) is 5.92 Å². The number of rotatable bonds is 2. The number of aliphatic hydroxyl groups excluding tert-OH is 1. The molecule has 1 aromatic heterocycles. The molecule has 3 heterocycles. The van der Waals surface area contributed by atoms with Gasteiger partial charge in [-0.15, -0.1) is 11.3 Å². The van der Waals surface area contributed by atoms with Crippen molar-refractivity contribution in [3.8, 4) is 0 Å². The Hall–Kier alpha value is -0.0300. The molecular weight excluding hydrogens is 252 g/mol. The summed E-state index contributed by atoms with van der Waals surface area (Å²) in [5.74, 6) is 2.77. The summed E-state index contributed by atoms with van der Waals surface area (Å²) in [6, 6.07) is 2.24. The highest BCUT2D eigenvalue weighted by atomic mass is 32.2. The van der Waals surface area contributed by atoms with Crippen molar-refractivity contribution in [2.75, 3.05) is 19.0 Å². The second kappa shape index (κ2) is 5.31. The monoisotopic (exact) mass is 270 g/mol. The second-order valence-electron chi connectivity index (χ2n) is 4.79. The Balaban J connectivity index is 1.76. The Labute approximate surface area is 110 Å². The average molecular weight is 270 g/mol. The zero-order chi connectivity index (χ0) is 11.7. The molecule has 2 aliphatic heterocycles. The predicted octanol–water partition coefficient (Wildman–Crippen LogP) is 3.00. The number of fused-ring (bicyclic) bond motifs is 1. The van der Waals surface area contributed by atoms with Gasteiger partial charge >= 0.3 is 0 Å². The minimum absolute atomic E-state index is 0.264. The maximum absolute atomic E-state index is 10.4. The van der Waals surface area contributed by atoms with Crippen LogP contribution in [0.5, 0.6) is 0 Å². The third-order valence-electron chi connectivity index (χ3n) is 3.65. The fraction of sp³-hybridized carbons (Fsp3) is 0.692. The van der Waals surface area contributed by atoms with E-state index < -0.39 is 0 Å². The van der Waals surface area contributed by atoms with Gasteiger partial charge in [0.1, 0.15) is 0 Å². The second-order valence-corrected chi connectivity index (χ2v) is 7.07. The number of ether oxygens (including phenoxy) is 1. The van der Waals surface area contributed by atoms with Gasteiger partial charge in [0.15, 0.2) is 0 Å². The van der Waals surface area contributed by atoms with Gasteiger partial charge in [-0.3, -0.25) is 0 Å². The van der Waals surface area contributed by atoms with Gasteiger partial charge in [0.25, 0.3) is 0 Å². The molecule has 1 unspecified atom stereocenters. The van der Waals surface area contributed by atoms with Gasteiger partial charge in [-0.25, -0.2) is 0 Å². The van der Waals surface area contributed by atoms with Crippen LogP contribution in [0.1, 0.15) is 34.3 Å². The first-order valence-electron chi connectivity index (χ1n) is 6.29. The van der Waals surface area contributed by atoms with E-state index in [1.807, 2.05) is 23.1 Å². The lowest BCUT2D eigenvalue weighted by atomic mass is 9.93. The Bertz CT molecular complexity index is 359. The van der Waals surface area contributed by atoms with Gasteiger partial charge in [-0.1, -0.05) is 0 Å². The number of thioether (sulfide) groups is 1.